The minimum Gasteiger partial charge on any atom is -0.473 e. The van der Waals surface area contributed by atoms with E-state index < -0.39 is 70.4 Å². The van der Waals surface area contributed by atoms with Crippen molar-refractivity contribution in [3.63, 3.8) is 0 Å². The van der Waals surface area contributed by atoms with Crippen LogP contribution in [0.5, 0.6) is 0 Å². The van der Waals surface area contributed by atoms with Crippen molar-refractivity contribution in [1.82, 2.24) is 26.4 Å². The topological polar surface area (TPSA) is 219 Å². The molecule has 5 N–H and O–H groups in total. The highest BCUT2D eigenvalue weighted by atomic mass is 32.2. The number of allylic oxidation sites excluding steroid dienone is 1. The SMILES string of the molecule is CC(NOC(=O)C(=O)O)C(=O)SCCC=CC1CC(=O)NCc2nc(cs2)C(=O)NC(C)(C)C(=O)NC(C(C)C)C(=O)O1. The summed E-state index contributed by atoms with van der Waals surface area (Å²) < 4.78 is 5.62. The first-order valence-electron chi connectivity index (χ1n) is 13.2. The standard InChI is InChI=1S/C26H35N5O10S2/c1-13(2)19-22(36)40-15(8-6-7-9-42-24(38)14(3)31-41-23(37)21(34)35)10-17(32)27-11-18-28-16(12-43-18)20(33)30-26(4,5)25(39)29-19/h6,8,12-15,19,31H,7,9-11H2,1-5H3,(H,27,32)(H,29,39)(H,30,33)(H,34,35). The lowest BCUT2D eigenvalue weighted by atomic mass is 9.99. The number of carboxylic acids is 1. The number of fused-ring (bicyclic) bond motifs is 2. The van der Waals surface area contributed by atoms with Gasteiger partial charge in [-0.1, -0.05) is 31.7 Å². The van der Waals surface area contributed by atoms with Crippen LogP contribution in [-0.2, 0) is 44.9 Å². The Labute approximate surface area is 255 Å². The lowest BCUT2D eigenvalue weighted by Gasteiger charge is -2.29. The van der Waals surface area contributed by atoms with Crippen LogP contribution in [0.15, 0.2) is 17.5 Å². The zero-order chi connectivity index (χ0) is 32.3. The van der Waals surface area contributed by atoms with Gasteiger partial charge in [-0.05, 0) is 39.2 Å². The molecule has 0 aromatic carbocycles. The van der Waals surface area contributed by atoms with Crippen molar-refractivity contribution < 1.29 is 48.2 Å². The molecule has 17 heteroatoms. The van der Waals surface area contributed by atoms with Crippen LogP contribution in [0.3, 0.4) is 0 Å². The van der Waals surface area contributed by atoms with E-state index in [9.17, 15) is 33.6 Å². The number of hydrogen-bond acceptors (Lipinski definition) is 13. The maximum Gasteiger partial charge on any atom is 0.435 e. The first kappa shape index (κ1) is 35.4. The molecule has 43 heavy (non-hydrogen) atoms. The zero-order valence-corrected chi connectivity index (χ0v) is 25.9. The molecule has 0 saturated heterocycles. The van der Waals surface area contributed by atoms with E-state index in [-0.39, 0.29) is 24.4 Å². The second-order valence-corrected chi connectivity index (χ2v) is 12.3. The predicted octanol–water partition coefficient (Wildman–Crippen LogP) is 0.451. The molecule has 1 aromatic heterocycles. The van der Waals surface area contributed by atoms with E-state index in [2.05, 4.69) is 31.3 Å². The summed E-state index contributed by atoms with van der Waals surface area (Å²) in [6, 6.07) is -2.05. The summed E-state index contributed by atoms with van der Waals surface area (Å²) in [5.41, 5.74) is 0.763. The van der Waals surface area contributed by atoms with Gasteiger partial charge < -0.3 is 30.6 Å². The number of esters is 1. The molecule has 3 unspecified atom stereocenters. The fourth-order valence-corrected chi connectivity index (χ4v) is 4.82. The number of thiazole rings is 1. The number of amides is 3. The maximum absolute atomic E-state index is 13.2. The number of hydroxylamine groups is 1. The van der Waals surface area contributed by atoms with Gasteiger partial charge in [0.25, 0.3) is 5.91 Å². The number of aromatic nitrogens is 1. The summed E-state index contributed by atoms with van der Waals surface area (Å²) >= 11 is 2.05. The van der Waals surface area contributed by atoms with Gasteiger partial charge in [-0.25, -0.2) is 19.4 Å². The number of nitrogens with zero attached hydrogens (tertiary/aromatic N) is 1. The number of rotatable bonds is 8. The van der Waals surface area contributed by atoms with E-state index in [0.29, 0.717) is 11.4 Å². The molecule has 1 aliphatic heterocycles. The summed E-state index contributed by atoms with van der Waals surface area (Å²) in [5.74, 6) is -5.90. The average Bonchev–Trinajstić information content (AvgIpc) is 3.41. The molecule has 2 rings (SSSR count). The van der Waals surface area contributed by atoms with Crippen molar-refractivity contribution in [2.75, 3.05) is 5.75 Å². The molecule has 15 nitrogen and oxygen atoms in total. The summed E-state index contributed by atoms with van der Waals surface area (Å²) in [4.78, 5) is 93.7. The lowest BCUT2D eigenvalue weighted by Crippen LogP contribution is -2.59. The van der Waals surface area contributed by atoms with Crippen molar-refractivity contribution in [2.45, 2.75) is 77.7 Å². The molecular weight excluding hydrogens is 606 g/mol. The number of aliphatic carboxylic acids is 1. The molecule has 0 saturated carbocycles. The second kappa shape index (κ2) is 16.1. The van der Waals surface area contributed by atoms with Crippen molar-refractivity contribution in [3.05, 3.63) is 28.2 Å². The molecule has 2 heterocycles. The van der Waals surface area contributed by atoms with Crippen molar-refractivity contribution in [2.24, 2.45) is 5.92 Å². The van der Waals surface area contributed by atoms with Crippen LogP contribution in [0, 0.1) is 5.92 Å². The van der Waals surface area contributed by atoms with Crippen LogP contribution in [0.25, 0.3) is 0 Å². The Hall–Kier alpha value is -3.83. The van der Waals surface area contributed by atoms with Gasteiger partial charge >= 0.3 is 17.9 Å². The van der Waals surface area contributed by atoms with Crippen LogP contribution in [-0.4, -0.2) is 80.3 Å². The van der Waals surface area contributed by atoms with Crippen molar-refractivity contribution in [1.29, 1.82) is 0 Å². The molecular formula is C26H35N5O10S2. The van der Waals surface area contributed by atoms with E-state index in [1.54, 1.807) is 19.9 Å². The van der Waals surface area contributed by atoms with Gasteiger partial charge in [0, 0.05) is 11.1 Å². The van der Waals surface area contributed by atoms with Gasteiger partial charge in [-0.3, -0.25) is 19.2 Å². The molecule has 2 bridgehead atoms. The average molecular weight is 642 g/mol. The van der Waals surface area contributed by atoms with E-state index in [1.165, 1.54) is 32.2 Å². The monoisotopic (exact) mass is 641 g/mol. The highest BCUT2D eigenvalue weighted by Crippen LogP contribution is 2.16. The number of thioether (sulfide) groups is 1. The third-order valence-corrected chi connectivity index (χ3v) is 7.74. The Kier molecular flexibility index (Phi) is 13.3. The molecule has 3 amide bonds. The largest absolute Gasteiger partial charge is 0.473 e. The molecule has 1 aromatic rings. The summed E-state index contributed by atoms with van der Waals surface area (Å²) in [6.45, 7) is 7.82. The molecule has 0 aliphatic carbocycles. The quantitative estimate of drug-likeness (QED) is 0.0857. The van der Waals surface area contributed by atoms with Crippen LogP contribution in [0.1, 0.15) is 63.0 Å². The van der Waals surface area contributed by atoms with Crippen LogP contribution in [0.2, 0.25) is 0 Å². The normalized spacial score (nSPS) is 20.5. The van der Waals surface area contributed by atoms with Crippen LogP contribution in [0.4, 0.5) is 0 Å². The van der Waals surface area contributed by atoms with Crippen molar-refractivity contribution >= 4 is 63.8 Å². The van der Waals surface area contributed by atoms with E-state index in [4.69, 9.17) is 9.84 Å². The zero-order valence-electron chi connectivity index (χ0n) is 24.3. The number of nitrogens with one attached hydrogen (secondary N) is 4. The number of carbonyl (C=O) groups excluding carboxylic acids is 6. The molecule has 0 radical (unpaired) electrons. The molecule has 0 spiro atoms. The lowest BCUT2D eigenvalue weighted by molar-refractivity contribution is -0.170. The Bertz CT molecular complexity index is 1260. The molecule has 1 aliphatic rings. The smallest absolute Gasteiger partial charge is 0.435 e. The van der Waals surface area contributed by atoms with E-state index >= 15 is 0 Å². The van der Waals surface area contributed by atoms with Gasteiger partial charge in [0.05, 0.1) is 13.0 Å². The van der Waals surface area contributed by atoms with E-state index in [1.807, 2.05) is 0 Å². The van der Waals surface area contributed by atoms with Crippen LogP contribution >= 0.6 is 23.1 Å². The molecule has 3 atom stereocenters. The van der Waals surface area contributed by atoms with Gasteiger partial charge in [0.2, 0.25) is 16.9 Å². The second-order valence-electron chi connectivity index (χ2n) is 10.3. The number of ether oxygens (including phenoxy) is 1. The Morgan fingerprint density at radius 2 is 1.95 bits per heavy atom. The summed E-state index contributed by atoms with van der Waals surface area (Å²) in [5, 5.41) is 18.0. The van der Waals surface area contributed by atoms with Gasteiger partial charge in [-0.2, -0.15) is 0 Å². The fraction of sp³-hybridized carbons (Fsp3) is 0.538. The highest BCUT2D eigenvalue weighted by Gasteiger charge is 2.36. The van der Waals surface area contributed by atoms with Gasteiger partial charge in [0.1, 0.15) is 34.4 Å². The van der Waals surface area contributed by atoms with Crippen molar-refractivity contribution in [3.8, 4) is 0 Å². The Morgan fingerprint density at radius 1 is 1.26 bits per heavy atom. The fourth-order valence-electron chi connectivity index (χ4n) is 3.36. The van der Waals surface area contributed by atoms with Gasteiger partial charge in [-0.15, -0.1) is 16.8 Å². The van der Waals surface area contributed by atoms with Crippen LogP contribution < -0.4 is 21.4 Å². The number of carbonyl (C=O) groups is 7. The first-order chi connectivity index (χ1) is 20.1. The third kappa shape index (κ3) is 11.4. The minimum absolute atomic E-state index is 0.0341. The summed E-state index contributed by atoms with van der Waals surface area (Å²) in [6.07, 6.45) is 2.21. The first-order valence-corrected chi connectivity index (χ1v) is 15.0. The Balaban J connectivity index is 2.12. The molecule has 0 fully saturated rings. The molecule has 236 valence electrons. The number of cyclic esters (lactones) is 1. The third-order valence-electron chi connectivity index (χ3n) is 5.81. The Morgan fingerprint density at radius 3 is 2.60 bits per heavy atom. The number of carboxylic acid groups (broad SMARTS) is 1. The van der Waals surface area contributed by atoms with Gasteiger partial charge in [0.15, 0.2) is 0 Å². The number of hydrogen-bond donors (Lipinski definition) is 5. The minimum atomic E-state index is -1.81. The summed E-state index contributed by atoms with van der Waals surface area (Å²) in [7, 11) is 0. The van der Waals surface area contributed by atoms with E-state index in [0.717, 1.165) is 23.1 Å². The predicted molar refractivity (Wildman–Crippen MR) is 154 cm³/mol. The highest BCUT2D eigenvalue weighted by molar-refractivity contribution is 8.13. The maximum atomic E-state index is 13.2.